The number of ether oxygens (including phenoxy) is 1. The molecule has 0 radical (unpaired) electrons. The minimum atomic E-state index is -0.131. The Morgan fingerprint density at radius 2 is 2.23 bits per heavy atom. The van der Waals surface area contributed by atoms with Crippen LogP contribution in [0.25, 0.3) is 0 Å². The Labute approximate surface area is 79.2 Å². The summed E-state index contributed by atoms with van der Waals surface area (Å²) >= 11 is 0. The molecule has 4 heteroatoms. The first-order valence-electron chi connectivity index (χ1n) is 4.89. The van der Waals surface area contributed by atoms with Crippen molar-refractivity contribution in [1.29, 1.82) is 0 Å². The SMILES string of the molecule is CCN(CC)C(=O)[C@@H]1COCCN1. The summed E-state index contributed by atoms with van der Waals surface area (Å²) in [5, 5.41) is 3.15. The van der Waals surface area contributed by atoms with E-state index in [1.807, 2.05) is 18.7 Å². The van der Waals surface area contributed by atoms with Crippen molar-refractivity contribution in [3.8, 4) is 0 Å². The van der Waals surface area contributed by atoms with Crippen LogP contribution in [0.15, 0.2) is 0 Å². The molecule has 0 spiro atoms. The summed E-state index contributed by atoms with van der Waals surface area (Å²) < 4.78 is 5.23. The summed E-state index contributed by atoms with van der Waals surface area (Å²) in [5.74, 6) is 0.157. The van der Waals surface area contributed by atoms with Gasteiger partial charge in [0.2, 0.25) is 5.91 Å². The minimum Gasteiger partial charge on any atom is -0.378 e. The number of nitrogens with one attached hydrogen (secondary N) is 1. The van der Waals surface area contributed by atoms with E-state index in [0.29, 0.717) is 13.2 Å². The molecule has 1 N–H and O–H groups in total. The molecule has 1 atom stereocenters. The molecule has 0 unspecified atom stereocenters. The smallest absolute Gasteiger partial charge is 0.242 e. The molecule has 1 rings (SSSR count). The van der Waals surface area contributed by atoms with Crippen molar-refractivity contribution in [3.63, 3.8) is 0 Å². The lowest BCUT2D eigenvalue weighted by atomic mass is 10.2. The van der Waals surface area contributed by atoms with Gasteiger partial charge in [-0.1, -0.05) is 0 Å². The molecule has 0 aromatic carbocycles. The predicted molar refractivity (Wildman–Crippen MR) is 50.5 cm³/mol. The van der Waals surface area contributed by atoms with E-state index in [2.05, 4.69) is 5.32 Å². The lowest BCUT2D eigenvalue weighted by molar-refractivity contribution is -0.135. The van der Waals surface area contributed by atoms with Crippen molar-refractivity contribution in [1.82, 2.24) is 10.2 Å². The molecule has 1 amide bonds. The largest absolute Gasteiger partial charge is 0.378 e. The summed E-state index contributed by atoms with van der Waals surface area (Å²) in [6.07, 6.45) is 0. The molecule has 1 fully saturated rings. The van der Waals surface area contributed by atoms with Crippen molar-refractivity contribution in [3.05, 3.63) is 0 Å². The van der Waals surface area contributed by atoms with Crippen molar-refractivity contribution >= 4 is 5.91 Å². The quantitative estimate of drug-likeness (QED) is 0.666. The van der Waals surface area contributed by atoms with E-state index in [-0.39, 0.29) is 11.9 Å². The average Bonchev–Trinajstić information content (AvgIpc) is 2.21. The normalized spacial score (nSPS) is 22.8. The fourth-order valence-corrected chi connectivity index (χ4v) is 1.48. The van der Waals surface area contributed by atoms with Crippen molar-refractivity contribution in [2.45, 2.75) is 19.9 Å². The standard InChI is InChI=1S/C9H18N2O2/c1-3-11(4-2)9(12)8-7-13-6-5-10-8/h8,10H,3-7H2,1-2H3/t8-/m0/s1. The van der Waals surface area contributed by atoms with Gasteiger partial charge in [-0.2, -0.15) is 0 Å². The maximum atomic E-state index is 11.7. The number of hydrogen-bond acceptors (Lipinski definition) is 3. The maximum absolute atomic E-state index is 11.7. The van der Waals surface area contributed by atoms with E-state index < -0.39 is 0 Å². The summed E-state index contributed by atoms with van der Waals surface area (Å²) in [5.41, 5.74) is 0. The van der Waals surface area contributed by atoms with Crippen LogP contribution < -0.4 is 5.32 Å². The highest BCUT2D eigenvalue weighted by molar-refractivity contribution is 5.82. The molecule has 0 saturated carbocycles. The van der Waals surface area contributed by atoms with Crippen LogP contribution in [0.5, 0.6) is 0 Å². The highest BCUT2D eigenvalue weighted by atomic mass is 16.5. The zero-order valence-electron chi connectivity index (χ0n) is 8.38. The molecule has 0 bridgehead atoms. The van der Waals surface area contributed by atoms with Crippen LogP contribution in [-0.4, -0.2) is 49.7 Å². The Kier molecular flexibility index (Phi) is 4.18. The zero-order chi connectivity index (χ0) is 9.68. The number of carbonyl (C=O) groups excluding carboxylic acids is 1. The fraction of sp³-hybridized carbons (Fsp3) is 0.889. The van der Waals surface area contributed by atoms with Gasteiger partial charge in [0.05, 0.1) is 13.2 Å². The number of likely N-dealkylation sites (N-methyl/N-ethyl adjacent to an activating group) is 1. The van der Waals surface area contributed by atoms with Gasteiger partial charge in [0.15, 0.2) is 0 Å². The van der Waals surface area contributed by atoms with Crippen LogP contribution in [0, 0.1) is 0 Å². The molecule has 1 aliphatic rings. The van der Waals surface area contributed by atoms with Crippen LogP contribution in [0.3, 0.4) is 0 Å². The van der Waals surface area contributed by atoms with Gasteiger partial charge in [-0.15, -0.1) is 0 Å². The average molecular weight is 186 g/mol. The first-order valence-corrected chi connectivity index (χ1v) is 4.89. The number of rotatable bonds is 3. The number of amides is 1. The summed E-state index contributed by atoms with van der Waals surface area (Å²) in [4.78, 5) is 13.6. The van der Waals surface area contributed by atoms with Gasteiger partial charge in [0, 0.05) is 19.6 Å². The van der Waals surface area contributed by atoms with E-state index in [0.717, 1.165) is 19.6 Å². The molecule has 0 aromatic rings. The van der Waals surface area contributed by atoms with Crippen LogP contribution >= 0.6 is 0 Å². The third-order valence-corrected chi connectivity index (χ3v) is 2.29. The topological polar surface area (TPSA) is 41.6 Å². The molecular formula is C9H18N2O2. The van der Waals surface area contributed by atoms with E-state index in [1.165, 1.54) is 0 Å². The van der Waals surface area contributed by atoms with E-state index in [4.69, 9.17) is 4.74 Å². The second kappa shape index (κ2) is 5.19. The maximum Gasteiger partial charge on any atom is 0.242 e. The molecule has 1 heterocycles. The lowest BCUT2D eigenvalue weighted by Crippen LogP contribution is -2.52. The Hall–Kier alpha value is -0.610. The Balaban J connectivity index is 2.44. The van der Waals surface area contributed by atoms with Crippen LogP contribution in [-0.2, 0) is 9.53 Å². The number of carbonyl (C=O) groups is 1. The second-order valence-electron chi connectivity index (χ2n) is 3.09. The minimum absolute atomic E-state index is 0.131. The van der Waals surface area contributed by atoms with Crippen LogP contribution in [0.4, 0.5) is 0 Å². The van der Waals surface area contributed by atoms with E-state index >= 15 is 0 Å². The van der Waals surface area contributed by atoms with Gasteiger partial charge in [-0.3, -0.25) is 4.79 Å². The third-order valence-electron chi connectivity index (χ3n) is 2.29. The van der Waals surface area contributed by atoms with Crippen LogP contribution in [0.1, 0.15) is 13.8 Å². The number of hydrogen-bond donors (Lipinski definition) is 1. The number of nitrogens with zero attached hydrogens (tertiary/aromatic N) is 1. The third kappa shape index (κ3) is 2.67. The van der Waals surface area contributed by atoms with Gasteiger partial charge >= 0.3 is 0 Å². The zero-order valence-corrected chi connectivity index (χ0v) is 8.38. The van der Waals surface area contributed by atoms with E-state index in [9.17, 15) is 4.79 Å². The van der Waals surface area contributed by atoms with Gasteiger partial charge < -0.3 is 15.0 Å². The molecule has 0 aliphatic carbocycles. The Morgan fingerprint density at radius 3 is 2.69 bits per heavy atom. The molecule has 76 valence electrons. The van der Waals surface area contributed by atoms with E-state index in [1.54, 1.807) is 0 Å². The second-order valence-corrected chi connectivity index (χ2v) is 3.09. The fourth-order valence-electron chi connectivity index (χ4n) is 1.48. The Bertz CT molecular complexity index is 163. The van der Waals surface area contributed by atoms with Gasteiger partial charge in [0.25, 0.3) is 0 Å². The highest BCUT2D eigenvalue weighted by Gasteiger charge is 2.24. The van der Waals surface area contributed by atoms with Crippen molar-refractivity contribution < 1.29 is 9.53 Å². The van der Waals surface area contributed by atoms with Gasteiger partial charge in [-0.25, -0.2) is 0 Å². The first kappa shape index (κ1) is 10.5. The van der Waals surface area contributed by atoms with Crippen molar-refractivity contribution in [2.24, 2.45) is 0 Å². The molecule has 1 aliphatic heterocycles. The summed E-state index contributed by atoms with van der Waals surface area (Å²) in [6, 6.07) is -0.131. The van der Waals surface area contributed by atoms with Gasteiger partial charge in [0.1, 0.15) is 6.04 Å². The molecular weight excluding hydrogens is 168 g/mol. The lowest BCUT2D eigenvalue weighted by Gasteiger charge is -2.28. The molecule has 0 aromatic heterocycles. The molecule has 4 nitrogen and oxygen atoms in total. The summed E-state index contributed by atoms with van der Waals surface area (Å²) in [6.45, 7) is 7.52. The summed E-state index contributed by atoms with van der Waals surface area (Å²) in [7, 11) is 0. The Morgan fingerprint density at radius 1 is 1.54 bits per heavy atom. The predicted octanol–water partition coefficient (Wildman–Crippen LogP) is -0.157. The van der Waals surface area contributed by atoms with Crippen molar-refractivity contribution in [2.75, 3.05) is 32.8 Å². The van der Waals surface area contributed by atoms with Gasteiger partial charge in [-0.05, 0) is 13.8 Å². The van der Waals surface area contributed by atoms with Crippen LogP contribution in [0.2, 0.25) is 0 Å². The number of morpholine rings is 1. The highest BCUT2D eigenvalue weighted by Crippen LogP contribution is 1.99. The molecule has 1 saturated heterocycles. The monoisotopic (exact) mass is 186 g/mol. The molecule has 13 heavy (non-hydrogen) atoms. The first-order chi connectivity index (χ1) is 6.29.